The monoisotopic (exact) mass is 348 g/mol. The fraction of sp³-hybridized carbons (Fsp3) is 0.625. The molecule has 0 spiro atoms. The van der Waals surface area contributed by atoms with Gasteiger partial charge in [0.25, 0.3) is 0 Å². The summed E-state index contributed by atoms with van der Waals surface area (Å²) in [6.07, 6.45) is 4.19. The van der Waals surface area contributed by atoms with Gasteiger partial charge in [-0.05, 0) is 39.5 Å². The van der Waals surface area contributed by atoms with Crippen LogP contribution >= 0.6 is 11.8 Å². The van der Waals surface area contributed by atoms with Crippen LogP contribution in [0.3, 0.4) is 0 Å². The van der Waals surface area contributed by atoms with E-state index in [9.17, 15) is 4.79 Å². The number of carbonyl (C=O) groups excluding carboxylic acids is 1. The van der Waals surface area contributed by atoms with E-state index in [0.717, 1.165) is 42.7 Å². The van der Waals surface area contributed by atoms with Crippen molar-refractivity contribution in [2.45, 2.75) is 57.7 Å². The van der Waals surface area contributed by atoms with Crippen LogP contribution in [0.25, 0.3) is 5.65 Å². The van der Waals surface area contributed by atoms with Gasteiger partial charge in [0, 0.05) is 23.8 Å². The SMILES string of the molecule is CCc1c(C)nc(N)n2c(SCC(=O)N3CCCC[C@@H]3C)nnc12. The van der Waals surface area contributed by atoms with Gasteiger partial charge < -0.3 is 10.6 Å². The van der Waals surface area contributed by atoms with Gasteiger partial charge in [0.05, 0.1) is 5.75 Å². The molecule has 1 fully saturated rings. The minimum Gasteiger partial charge on any atom is -0.369 e. The van der Waals surface area contributed by atoms with Crippen molar-refractivity contribution < 1.29 is 4.79 Å². The molecule has 2 aromatic rings. The van der Waals surface area contributed by atoms with Crippen molar-refractivity contribution >= 4 is 29.3 Å². The lowest BCUT2D eigenvalue weighted by Crippen LogP contribution is -2.42. The smallest absolute Gasteiger partial charge is 0.233 e. The van der Waals surface area contributed by atoms with Gasteiger partial charge in [0.15, 0.2) is 10.8 Å². The molecule has 0 unspecified atom stereocenters. The van der Waals surface area contributed by atoms with Gasteiger partial charge in [-0.15, -0.1) is 10.2 Å². The Hall–Kier alpha value is -1.83. The van der Waals surface area contributed by atoms with Crippen molar-refractivity contribution in [3.63, 3.8) is 0 Å². The number of piperidine rings is 1. The van der Waals surface area contributed by atoms with Crippen molar-refractivity contribution in [1.29, 1.82) is 0 Å². The molecule has 2 N–H and O–H groups in total. The molecule has 0 aliphatic carbocycles. The molecular weight excluding hydrogens is 324 g/mol. The van der Waals surface area contributed by atoms with E-state index in [-0.39, 0.29) is 5.91 Å². The zero-order valence-corrected chi connectivity index (χ0v) is 15.3. The second-order valence-electron chi connectivity index (χ2n) is 6.25. The molecule has 0 saturated carbocycles. The van der Waals surface area contributed by atoms with Crippen LogP contribution in [0.5, 0.6) is 0 Å². The Morgan fingerprint density at radius 1 is 1.38 bits per heavy atom. The zero-order valence-electron chi connectivity index (χ0n) is 14.4. The van der Waals surface area contributed by atoms with Gasteiger partial charge in [0.1, 0.15) is 0 Å². The summed E-state index contributed by atoms with van der Waals surface area (Å²) in [7, 11) is 0. The first-order valence-electron chi connectivity index (χ1n) is 8.45. The van der Waals surface area contributed by atoms with Crippen molar-refractivity contribution in [1.82, 2.24) is 24.5 Å². The number of hydrogen-bond acceptors (Lipinski definition) is 6. The highest BCUT2D eigenvalue weighted by Crippen LogP contribution is 2.25. The highest BCUT2D eigenvalue weighted by molar-refractivity contribution is 7.99. The fourth-order valence-corrected chi connectivity index (χ4v) is 4.13. The standard InChI is InChI=1S/C16H24N6OS/c1-4-12-11(3)18-15(17)22-14(12)19-20-16(22)24-9-13(23)21-8-6-5-7-10(21)2/h10H,4-9H2,1-3H3,(H2,17,18)/t10-/m0/s1. The van der Waals surface area contributed by atoms with Gasteiger partial charge in [-0.1, -0.05) is 18.7 Å². The first-order chi connectivity index (χ1) is 11.5. The van der Waals surface area contributed by atoms with Crippen molar-refractivity contribution in [2.75, 3.05) is 18.0 Å². The quantitative estimate of drug-likeness (QED) is 0.851. The molecular formula is C16H24N6OS. The maximum Gasteiger partial charge on any atom is 0.233 e. The summed E-state index contributed by atoms with van der Waals surface area (Å²) in [5.74, 6) is 0.865. The van der Waals surface area contributed by atoms with E-state index in [1.807, 2.05) is 11.8 Å². The summed E-state index contributed by atoms with van der Waals surface area (Å²) in [5, 5.41) is 9.12. The van der Waals surface area contributed by atoms with Gasteiger partial charge in [-0.3, -0.25) is 4.79 Å². The van der Waals surface area contributed by atoms with Gasteiger partial charge in [0.2, 0.25) is 11.9 Å². The number of amides is 1. The summed E-state index contributed by atoms with van der Waals surface area (Å²) in [6.45, 7) is 6.96. The number of nitrogens with two attached hydrogens (primary N) is 1. The third-order valence-electron chi connectivity index (χ3n) is 4.65. The third-order valence-corrected chi connectivity index (χ3v) is 5.57. The lowest BCUT2D eigenvalue weighted by Gasteiger charge is -2.33. The molecule has 7 nitrogen and oxygen atoms in total. The normalized spacial score (nSPS) is 18.3. The van der Waals surface area contributed by atoms with Gasteiger partial charge >= 0.3 is 0 Å². The number of fused-ring (bicyclic) bond motifs is 1. The Morgan fingerprint density at radius 2 is 2.17 bits per heavy atom. The number of aryl methyl sites for hydroxylation is 2. The van der Waals surface area contributed by atoms with Crippen LogP contribution in [-0.2, 0) is 11.2 Å². The Bertz CT molecular complexity index is 759. The average Bonchev–Trinajstić information content (AvgIpc) is 2.97. The summed E-state index contributed by atoms with van der Waals surface area (Å²) >= 11 is 1.38. The second kappa shape index (κ2) is 6.96. The van der Waals surface area contributed by atoms with E-state index in [2.05, 4.69) is 29.0 Å². The number of anilines is 1. The Balaban J connectivity index is 1.80. The molecule has 3 heterocycles. The lowest BCUT2D eigenvalue weighted by atomic mass is 10.0. The van der Waals surface area contributed by atoms with Gasteiger partial charge in [-0.2, -0.15) is 0 Å². The molecule has 0 radical (unpaired) electrons. The molecule has 1 amide bonds. The topological polar surface area (TPSA) is 89.4 Å². The van der Waals surface area contributed by atoms with E-state index in [4.69, 9.17) is 5.73 Å². The maximum atomic E-state index is 12.5. The Morgan fingerprint density at radius 3 is 2.88 bits per heavy atom. The third kappa shape index (κ3) is 3.07. The zero-order chi connectivity index (χ0) is 17.3. The molecule has 130 valence electrons. The highest BCUT2D eigenvalue weighted by atomic mass is 32.2. The van der Waals surface area contributed by atoms with Crippen LogP contribution in [0.15, 0.2) is 5.16 Å². The largest absolute Gasteiger partial charge is 0.369 e. The number of aromatic nitrogens is 4. The van der Waals surface area contributed by atoms with Crippen LogP contribution in [0, 0.1) is 6.92 Å². The van der Waals surface area contributed by atoms with Crippen LogP contribution in [0.4, 0.5) is 5.95 Å². The van der Waals surface area contributed by atoms with Crippen molar-refractivity contribution in [3.8, 4) is 0 Å². The second-order valence-corrected chi connectivity index (χ2v) is 7.19. The molecule has 8 heteroatoms. The highest BCUT2D eigenvalue weighted by Gasteiger charge is 2.24. The number of nitrogens with zero attached hydrogens (tertiary/aromatic N) is 5. The summed E-state index contributed by atoms with van der Waals surface area (Å²) in [6, 6.07) is 0.322. The molecule has 3 rings (SSSR count). The van der Waals surface area contributed by atoms with E-state index in [0.29, 0.717) is 22.9 Å². The van der Waals surface area contributed by atoms with Crippen LogP contribution < -0.4 is 5.73 Å². The Kier molecular flexibility index (Phi) is 4.93. The molecule has 1 saturated heterocycles. The number of likely N-dealkylation sites (tertiary alicyclic amines) is 1. The first kappa shape index (κ1) is 17.0. The number of nitrogen functional groups attached to an aromatic ring is 1. The maximum absolute atomic E-state index is 12.5. The fourth-order valence-electron chi connectivity index (χ4n) is 3.31. The van der Waals surface area contributed by atoms with Crippen LogP contribution in [0.1, 0.15) is 44.4 Å². The van der Waals surface area contributed by atoms with E-state index in [1.54, 1.807) is 4.40 Å². The van der Waals surface area contributed by atoms with Crippen LogP contribution in [-0.4, -0.2) is 48.7 Å². The van der Waals surface area contributed by atoms with Crippen molar-refractivity contribution in [2.24, 2.45) is 0 Å². The number of rotatable bonds is 4. The molecule has 0 aromatic carbocycles. The first-order valence-corrected chi connectivity index (χ1v) is 9.43. The molecule has 24 heavy (non-hydrogen) atoms. The summed E-state index contributed by atoms with van der Waals surface area (Å²) < 4.78 is 1.75. The molecule has 1 aliphatic rings. The number of hydrogen-bond donors (Lipinski definition) is 1. The predicted molar refractivity (Wildman–Crippen MR) is 95.1 cm³/mol. The van der Waals surface area contributed by atoms with E-state index >= 15 is 0 Å². The Labute approximate surface area is 146 Å². The number of carbonyl (C=O) groups is 1. The lowest BCUT2D eigenvalue weighted by molar-refractivity contribution is -0.131. The molecule has 0 bridgehead atoms. The minimum absolute atomic E-state index is 0.151. The predicted octanol–water partition coefficient (Wildman–Crippen LogP) is 2.07. The summed E-state index contributed by atoms with van der Waals surface area (Å²) in [4.78, 5) is 18.9. The summed E-state index contributed by atoms with van der Waals surface area (Å²) in [5.41, 5.74) is 8.72. The van der Waals surface area contributed by atoms with E-state index in [1.165, 1.54) is 18.2 Å². The van der Waals surface area contributed by atoms with E-state index < -0.39 is 0 Å². The average molecular weight is 348 g/mol. The molecule has 1 aliphatic heterocycles. The molecule has 1 atom stereocenters. The van der Waals surface area contributed by atoms with Crippen molar-refractivity contribution in [3.05, 3.63) is 11.3 Å². The number of thioether (sulfide) groups is 1. The minimum atomic E-state index is 0.151. The van der Waals surface area contributed by atoms with Gasteiger partial charge in [-0.25, -0.2) is 9.38 Å². The van der Waals surface area contributed by atoms with Crippen LogP contribution in [0.2, 0.25) is 0 Å². The molecule has 2 aromatic heterocycles.